The Labute approximate surface area is 141 Å². The van der Waals surface area contributed by atoms with Gasteiger partial charge in [0.2, 0.25) is 5.90 Å². The number of ether oxygens (including phenoxy) is 1. The summed E-state index contributed by atoms with van der Waals surface area (Å²) < 4.78 is 18.6. The average Bonchev–Trinajstić information content (AvgIpc) is 2.95. The molecule has 0 unspecified atom stereocenters. The molecule has 1 aliphatic heterocycles. The highest BCUT2D eigenvalue weighted by Crippen LogP contribution is 2.19. The first-order valence-electron chi connectivity index (χ1n) is 7.22. The summed E-state index contributed by atoms with van der Waals surface area (Å²) in [6, 6.07) is 11.9. The van der Waals surface area contributed by atoms with Gasteiger partial charge in [-0.3, -0.25) is 10.1 Å². The van der Waals surface area contributed by atoms with E-state index in [2.05, 4.69) is 4.99 Å². The highest BCUT2D eigenvalue weighted by atomic mass is 19.1. The third-order valence-corrected chi connectivity index (χ3v) is 3.33. The first-order valence-corrected chi connectivity index (χ1v) is 7.22. The van der Waals surface area contributed by atoms with E-state index in [9.17, 15) is 19.3 Å². The van der Waals surface area contributed by atoms with Crippen LogP contribution in [0.4, 0.5) is 10.1 Å². The minimum Gasteiger partial charge on any atom is -0.403 e. The van der Waals surface area contributed by atoms with E-state index in [1.807, 2.05) is 0 Å². The van der Waals surface area contributed by atoms with Crippen LogP contribution in [0.3, 0.4) is 0 Å². The zero-order valence-electron chi connectivity index (χ0n) is 12.8. The number of halogens is 1. The number of hydrogen-bond acceptors (Lipinski definition) is 5. The SMILES string of the molecule is O=C1OC(C=Cc2cccc([N+](=O)[O-])c2)=NC1=Cc1ccccc1F. The van der Waals surface area contributed by atoms with Gasteiger partial charge >= 0.3 is 5.97 Å². The van der Waals surface area contributed by atoms with Crippen molar-refractivity contribution in [1.82, 2.24) is 0 Å². The molecule has 0 saturated heterocycles. The monoisotopic (exact) mass is 338 g/mol. The van der Waals surface area contributed by atoms with Crippen LogP contribution >= 0.6 is 0 Å². The fourth-order valence-electron chi connectivity index (χ4n) is 2.15. The van der Waals surface area contributed by atoms with Crippen LogP contribution in [-0.4, -0.2) is 16.8 Å². The van der Waals surface area contributed by atoms with E-state index in [-0.39, 0.29) is 22.8 Å². The molecular weight excluding hydrogens is 327 g/mol. The van der Waals surface area contributed by atoms with Crippen LogP contribution in [0.2, 0.25) is 0 Å². The number of hydrogen-bond donors (Lipinski definition) is 0. The topological polar surface area (TPSA) is 81.8 Å². The van der Waals surface area contributed by atoms with Crippen molar-refractivity contribution in [2.24, 2.45) is 4.99 Å². The zero-order valence-corrected chi connectivity index (χ0v) is 12.8. The molecule has 124 valence electrons. The molecule has 0 aliphatic carbocycles. The van der Waals surface area contributed by atoms with Crippen LogP contribution < -0.4 is 0 Å². The van der Waals surface area contributed by atoms with E-state index in [0.717, 1.165) is 0 Å². The second-order valence-electron chi connectivity index (χ2n) is 5.08. The Kier molecular flexibility index (Phi) is 4.47. The molecule has 0 aromatic heterocycles. The van der Waals surface area contributed by atoms with Crippen molar-refractivity contribution in [3.63, 3.8) is 0 Å². The maximum atomic E-state index is 13.6. The van der Waals surface area contributed by atoms with Crippen molar-refractivity contribution in [3.05, 3.63) is 87.4 Å². The van der Waals surface area contributed by atoms with E-state index < -0.39 is 16.7 Å². The number of nitro groups is 1. The van der Waals surface area contributed by atoms with Gasteiger partial charge < -0.3 is 4.74 Å². The van der Waals surface area contributed by atoms with Gasteiger partial charge in [0, 0.05) is 23.8 Å². The summed E-state index contributed by atoms with van der Waals surface area (Å²) in [6.45, 7) is 0. The van der Waals surface area contributed by atoms with Crippen molar-refractivity contribution in [3.8, 4) is 0 Å². The summed E-state index contributed by atoms with van der Waals surface area (Å²) in [5.41, 5.74) is 0.707. The quantitative estimate of drug-likeness (QED) is 0.368. The van der Waals surface area contributed by atoms with Gasteiger partial charge in [0.15, 0.2) is 5.70 Å². The Bertz CT molecular complexity index is 948. The smallest absolute Gasteiger partial charge is 0.363 e. The Morgan fingerprint density at radius 3 is 2.68 bits per heavy atom. The summed E-state index contributed by atoms with van der Waals surface area (Å²) in [4.78, 5) is 26.1. The lowest BCUT2D eigenvalue weighted by Gasteiger charge is -1.95. The molecule has 0 bridgehead atoms. The van der Waals surface area contributed by atoms with Crippen LogP contribution in [0, 0.1) is 15.9 Å². The predicted molar refractivity (Wildman–Crippen MR) is 90.0 cm³/mol. The molecule has 7 heteroatoms. The highest BCUT2D eigenvalue weighted by molar-refractivity contribution is 6.11. The number of nitro benzene ring substituents is 1. The summed E-state index contributed by atoms with van der Waals surface area (Å²) >= 11 is 0. The number of benzene rings is 2. The van der Waals surface area contributed by atoms with Gasteiger partial charge in [0.05, 0.1) is 4.92 Å². The third-order valence-electron chi connectivity index (χ3n) is 3.33. The maximum absolute atomic E-state index is 13.6. The number of nitrogens with zero attached hydrogens (tertiary/aromatic N) is 2. The van der Waals surface area contributed by atoms with Gasteiger partial charge in [-0.1, -0.05) is 30.3 Å². The standard InChI is InChI=1S/C18H11FN2O4/c19-15-7-2-1-5-13(15)11-16-18(22)25-17(20-16)9-8-12-4-3-6-14(10-12)21(23)24/h1-11H. The first-order chi connectivity index (χ1) is 12.0. The molecule has 6 nitrogen and oxygen atoms in total. The number of esters is 1. The van der Waals surface area contributed by atoms with E-state index in [1.54, 1.807) is 24.3 Å². The van der Waals surface area contributed by atoms with Crippen LogP contribution in [0.1, 0.15) is 11.1 Å². The third kappa shape index (κ3) is 3.84. The van der Waals surface area contributed by atoms with Gasteiger partial charge in [0.1, 0.15) is 5.82 Å². The molecule has 0 N–H and O–H groups in total. The summed E-state index contributed by atoms with van der Waals surface area (Å²) in [5.74, 6) is -1.14. The highest BCUT2D eigenvalue weighted by Gasteiger charge is 2.21. The largest absolute Gasteiger partial charge is 0.403 e. The second kappa shape index (κ2) is 6.88. The van der Waals surface area contributed by atoms with Gasteiger partial charge in [-0.05, 0) is 23.8 Å². The molecule has 25 heavy (non-hydrogen) atoms. The molecule has 0 saturated carbocycles. The first kappa shape index (κ1) is 16.3. The molecule has 3 rings (SSSR count). The molecule has 0 spiro atoms. The minimum atomic E-state index is -0.693. The average molecular weight is 338 g/mol. The molecule has 1 aliphatic rings. The maximum Gasteiger partial charge on any atom is 0.363 e. The number of non-ortho nitro benzene ring substituents is 1. The molecule has 2 aromatic rings. The number of rotatable bonds is 4. The van der Waals surface area contributed by atoms with Crippen LogP contribution in [0.15, 0.2) is 65.3 Å². The molecule has 2 aromatic carbocycles. The Balaban J connectivity index is 1.82. The molecule has 0 atom stereocenters. The lowest BCUT2D eigenvalue weighted by atomic mass is 10.2. The normalized spacial score (nSPS) is 15.5. The van der Waals surface area contributed by atoms with Crippen molar-refractivity contribution in [2.75, 3.05) is 0 Å². The van der Waals surface area contributed by atoms with E-state index >= 15 is 0 Å². The van der Waals surface area contributed by atoms with Crippen molar-refractivity contribution in [1.29, 1.82) is 0 Å². The summed E-state index contributed by atoms with van der Waals surface area (Å²) in [6.07, 6.45) is 4.25. The number of carbonyl (C=O) groups excluding carboxylic acids is 1. The predicted octanol–water partition coefficient (Wildman–Crippen LogP) is 3.74. The zero-order chi connectivity index (χ0) is 17.8. The van der Waals surface area contributed by atoms with E-state index in [0.29, 0.717) is 5.56 Å². The van der Waals surface area contributed by atoms with Crippen molar-refractivity contribution >= 4 is 29.7 Å². The summed E-state index contributed by atoms with van der Waals surface area (Å²) in [7, 11) is 0. The lowest BCUT2D eigenvalue weighted by Crippen LogP contribution is -2.01. The van der Waals surface area contributed by atoms with Crippen molar-refractivity contribution < 1.29 is 18.8 Å². The van der Waals surface area contributed by atoms with E-state index in [1.165, 1.54) is 42.5 Å². The Hall–Kier alpha value is -3.61. The number of carbonyl (C=O) groups is 1. The molecule has 1 heterocycles. The molecule has 0 amide bonds. The molecular formula is C18H11FN2O4. The Morgan fingerprint density at radius 2 is 1.92 bits per heavy atom. The second-order valence-corrected chi connectivity index (χ2v) is 5.08. The van der Waals surface area contributed by atoms with Crippen LogP contribution in [0.25, 0.3) is 12.2 Å². The van der Waals surface area contributed by atoms with Gasteiger partial charge in [0.25, 0.3) is 5.69 Å². The number of cyclic esters (lactones) is 1. The minimum absolute atomic E-state index is 0.0243. The fourth-order valence-corrected chi connectivity index (χ4v) is 2.15. The van der Waals surface area contributed by atoms with E-state index in [4.69, 9.17) is 4.74 Å². The number of aliphatic imine (C=N–C) groups is 1. The van der Waals surface area contributed by atoms with Gasteiger partial charge in [-0.15, -0.1) is 0 Å². The van der Waals surface area contributed by atoms with Crippen LogP contribution in [0.5, 0.6) is 0 Å². The lowest BCUT2D eigenvalue weighted by molar-refractivity contribution is -0.384. The Morgan fingerprint density at radius 1 is 1.12 bits per heavy atom. The fraction of sp³-hybridized carbons (Fsp3) is 0. The molecule has 0 fully saturated rings. The van der Waals surface area contributed by atoms with Gasteiger partial charge in [-0.2, -0.15) is 0 Å². The van der Waals surface area contributed by atoms with Crippen molar-refractivity contribution in [2.45, 2.75) is 0 Å². The van der Waals surface area contributed by atoms with Crippen LogP contribution in [-0.2, 0) is 9.53 Å². The summed E-state index contributed by atoms with van der Waals surface area (Å²) in [5, 5.41) is 10.8. The molecule has 0 radical (unpaired) electrons. The van der Waals surface area contributed by atoms with Gasteiger partial charge in [-0.25, -0.2) is 14.2 Å².